The summed E-state index contributed by atoms with van der Waals surface area (Å²) in [6.07, 6.45) is 3.70. The van der Waals surface area contributed by atoms with E-state index in [-0.39, 0.29) is 6.10 Å². The van der Waals surface area contributed by atoms with Crippen molar-refractivity contribution in [3.8, 4) is 0 Å². The number of hydrogen-bond acceptors (Lipinski definition) is 5. The molecule has 1 saturated heterocycles. The Hall–Kier alpha value is -1.24. The van der Waals surface area contributed by atoms with Crippen molar-refractivity contribution >= 4 is 32.7 Å². The predicted octanol–water partition coefficient (Wildman–Crippen LogP) is 1.94. The van der Waals surface area contributed by atoms with Crippen molar-refractivity contribution in [1.29, 1.82) is 0 Å². The van der Waals surface area contributed by atoms with Crippen LogP contribution in [0.2, 0.25) is 0 Å². The van der Waals surface area contributed by atoms with Gasteiger partial charge >= 0.3 is 0 Å². The molecule has 20 heavy (non-hydrogen) atoms. The highest BCUT2D eigenvalue weighted by Crippen LogP contribution is 2.28. The van der Waals surface area contributed by atoms with Crippen molar-refractivity contribution in [2.24, 2.45) is 5.73 Å². The third-order valence-corrected chi connectivity index (χ3v) is 4.03. The molecule has 106 valence electrons. The highest BCUT2D eigenvalue weighted by atomic mass is 79.9. The number of hydrogen-bond donors (Lipinski definition) is 1. The van der Waals surface area contributed by atoms with Gasteiger partial charge in [-0.3, -0.25) is 9.97 Å². The van der Waals surface area contributed by atoms with Crippen LogP contribution in [0.25, 0.3) is 11.0 Å². The Balaban J connectivity index is 2.04. The Morgan fingerprint density at radius 3 is 3.15 bits per heavy atom. The monoisotopic (exact) mass is 336 g/mol. The first-order chi connectivity index (χ1) is 9.69. The van der Waals surface area contributed by atoms with Crippen LogP contribution in [-0.2, 0) is 4.74 Å². The first kappa shape index (κ1) is 13.7. The van der Waals surface area contributed by atoms with Gasteiger partial charge in [0.1, 0.15) is 5.52 Å². The second kappa shape index (κ2) is 5.63. The lowest BCUT2D eigenvalue weighted by atomic mass is 10.1. The molecule has 2 aromatic heterocycles. The van der Waals surface area contributed by atoms with Crippen molar-refractivity contribution in [3.05, 3.63) is 29.0 Å². The second-order valence-corrected chi connectivity index (χ2v) is 5.96. The van der Waals surface area contributed by atoms with Crippen LogP contribution in [0.3, 0.4) is 0 Å². The van der Waals surface area contributed by atoms with E-state index in [1.165, 1.54) is 0 Å². The van der Waals surface area contributed by atoms with E-state index in [0.717, 1.165) is 27.7 Å². The van der Waals surface area contributed by atoms with Crippen molar-refractivity contribution in [2.45, 2.75) is 19.1 Å². The molecular weight excluding hydrogens is 320 g/mol. The van der Waals surface area contributed by atoms with Gasteiger partial charge in [0.25, 0.3) is 0 Å². The topological polar surface area (TPSA) is 64.3 Å². The SMILES string of the molecule is CC1COC(CN)CN1c1ccnc2cc(Br)cnc12. The van der Waals surface area contributed by atoms with E-state index in [9.17, 15) is 0 Å². The van der Waals surface area contributed by atoms with Gasteiger partial charge in [-0.25, -0.2) is 0 Å². The second-order valence-electron chi connectivity index (χ2n) is 5.04. The van der Waals surface area contributed by atoms with Crippen LogP contribution in [0.5, 0.6) is 0 Å². The van der Waals surface area contributed by atoms with Gasteiger partial charge < -0.3 is 15.4 Å². The number of ether oxygens (including phenoxy) is 1. The molecular formula is C14H17BrN4O. The van der Waals surface area contributed by atoms with Crippen molar-refractivity contribution < 1.29 is 4.74 Å². The molecule has 2 aromatic rings. The van der Waals surface area contributed by atoms with E-state index >= 15 is 0 Å². The van der Waals surface area contributed by atoms with Crippen LogP contribution in [0.1, 0.15) is 6.92 Å². The van der Waals surface area contributed by atoms with Crippen LogP contribution >= 0.6 is 15.9 Å². The lowest BCUT2D eigenvalue weighted by molar-refractivity contribution is 0.0284. The van der Waals surface area contributed by atoms with Gasteiger partial charge in [-0.1, -0.05) is 0 Å². The fourth-order valence-corrected chi connectivity index (χ4v) is 2.84. The molecule has 1 fully saturated rings. The summed E-state index contributed by atoms with van der Waals surface area (Å²) in [7, 11) is 0. The summed E-state index contributed by atoms with van der Waals surface area (Å²) < 4.78 is 6.65. The van der Waals surface area contributed by atoms with E-state index in [1.54, 1.807) is 6.20 Å². The molecule has 0 saturated carbocycles. The van der Waals surface area contributed by atoms with Crippen LogP contribution in [0, 0.1) is 0 Å². The minimum atomic E-state index is 0.0739. The van der Waals surface area contributed by atoms with Crippen LogP contribution < -0.4 is 10.6 Å². The average molecular weight is 337 g/mol. The number of morpholine rings is 1. The number of pyridine rings is 2. The molecule has 1 aliphatic rings. The van der Waals surface area contributed by atoms with Crippen molar-refractivity contribution in [2.75, 3.05) is 24.6 Å². The molecule has 0 aliphatic carbocycles. The number of nitrogens with two attached hydrogens (primary N) is 1. The first-order valence-corrected chi connectivity index (χ1v) is 7.47. The molecule has 5 nitrogen and oxygen atoms in total. The maximum atomic E-state index is 5.74. The summed E-state index contributed by atoms with van der Waals surface area (Å²) in [4.78, 5) is 11.2. The van der Waals surface area contributed by atoms with Gasteiger partial charge in [0.15, 0.2) is 0 Å². The van der Waals surface area contributed by atoms with E-state index in [4.69, 9.17) is 10.5 Å². The Morgan fingerprint density at radius 1 is 1.50 bits per heavy atom. The van der Waals surface area contributed by atoms with E-state index in [0.29, 0.717) is 19.2 Å². The number of fused-ring (bicyclic) bond motifs is 1. The summed E-state index contributed by atoms with van der Waals surface area (Å²) in [5.41, 5.74) is 8.64. The number of aromatic nitrogens is 2. The van der Waals surface area contributed by atoms with E-state index < -0.39 is 0 Å². The first-order valence-electron chi connectivity index (χ1n) is 6.67. The molecule has 3 heterocycles. The van der Waals surface area contributed by atoms with Crippen molar-refractivity contribution in [3.63, 3.8) is 0 Å². The van der Waals surface area contributed by atoms with Crippen LogP contribution in [-0.4, -0.2) is 41.8 Å². The van der Waals surface area contributed by atoms with Gasteiger partial charge in [-0.2, -0.15) is 0 Å². The Kier molecular flexibility index (Phi) is 3.87. The van der Waals surface area contributed by atoms with Gasteiger partial charge in [-0.05, 0) is 35.0 Å². The normalized spacial score (nSPS) is 23.2. The number of nitrogens with zero attached hydrogens (tertiary/aromatic N) is 3. The Morgan fingerprint density at radius 2 is 2.35 bits per heavy atom. The highest BCUT2D eigenvalue weighted by Gasteiger charge is 2.26. The predicted molar refractivity (Wildman–Crippen MR) is 82.8 cm³/mol. The van der Waals surface area contributed by atoms with Crippen molar-refractivity contribution in [1.82, 2.24) is 9.97 Å². The molecule has 0 spiro atoms. The number of anilines is 1. The zero-order chi connectivity index (χ0) is 14.1. The summed E-state index contributed by atoms with van der Waals surface area (Å²) in [5, 5.41) is 0. The Labute approximate surface area is 126 Å². The average Bonchev–Trinajstić information content (AvgIpc) is 2.47. The standard InChI is InChI=1S/C14H17BrN4O/c1-9-8-20-11(5-16)7-19(9)13-2-3-17-12-4-10(15)6-18-14(12)13/h2-4,6,9,11H,5,7-8,16H2,1H3. The lowest BCUT2D eigenvalue weighted by Crippen LogP contribution is -2.50. The van der Waals surface area contributed by atoms with E-state index in [2.05, 4.69) is 37.7 Å². The Bertz CT molecular complexity index is 621. The fraction of sp³-hybridized carbons (Fsp3) is 0.429. The molecule has 2 N–H and O–H groups in total. The molecule has 0 amide bonds. The zero-order valence-corrected chi connectivity index (χ0v) is 12.9. The molecule has 0 aromatic carbocycles. The number of rotatable bonds is 2. The summed E-state index contributed by atoms with van der Waals surface area (Å²) >= 11 is 3.43. The summed E-state index contributed by atoms with van der Waals surface area (Å²) in [6.45, 7) is 4.15. The van der Waals surface area contributed by atoms with Gasteiger partial charge in [-0.15, -0.1) is 0 Å². The molecule has 0 bridgehead atoms. The maximum absolute atomic E-state index is 5.74. The highest BCUT2D eigenvalue weighted by molar-refractivity contribution is 9.10. The maximum Gasteiger partial charge on any atom is 0.112 e. The zero-order valence-electron chi connectivity index (χ0n) is 11.3. The third kappa shape index (κ3) is 2.51. The van der Waals surface area contributed by atoms with Gasteiger partial charge in [0.05, 0.1) is 23.9 Å². The minimum absolute atomic E-state index is 0.0739. The quantitative estimate of drug-likeness (QED) is 0.907. The van der Waals surface area contributed by atoms with Gasteiger partial charge in [0.2, 0.25) is 0 Å². The molecule has 3 rings (SSSR count). The number of halogens is 1. The van der Waals surface area contributed by atoms with Crippen LogP contribution in [0.4, 0.5) is 5.69 Å². The molecule has 1 aliphatic heterocycles. The molecule has 2 atom stereocenters. The fourth-order valence-electron chi connectivity index (χ4n) is 2.52. The minimum Gasteiger partial charge on any atom is -0.373 e. The lowest BCUT2D eigenvalue weighted by Gasteiger charge is -2.39. The smallest absolute Gasteiger partial charge is 0.112 e. The molecule has 0 radical (unpaired) electrons. The summed E-state index contributed by atoms with van der Waals surface area (Å²) in [6, 6.07) is 4.30. The molecule has 2 unspecified atom stereocenters. The van der Waals surface area contributed by atoms with E-state index in [1.807, 2.05) is 18.3 Å². The third-order valence-electron chi connectivity index (χ3n) is 3.60. The molecule has 6 heteroatoms. The largest absolute Gasteiger partial charge is 0.373 e. The summed E-state index contributed by atoms with van der Waals surface area (Å²) in [5.74, 6) is 0. The van der Waals surface area contributed by atoms with Gasteiger partial charge in [0, 0.05) is 36.0 Å². The van der Waals surface area contributed by atoms with Crippen LogP contribution in [0.15, 0.2) is 29.0 Å².